The van der Waals surface area contributed by atoms with Crippen LogP contribution in [0.15, 0.2) is 30.3 Å². The van der Waals surface area contributed by atoms with Gasteiger partial charge in [-0.3, -0.25) is 4.79 Å². The molecule has 0 bridgehead atoms. The third-order valence-electron chi connectivity index (χ3n) is 5.21. The summed E-state index contributed by atoms with van der Waals surface area (Å²) < 4.78 is 1.17. The maximum Gasteiger partial charge on any atom is 0.246 e. The van der Waals surface area contributed by atoms with Crippen LogP contribution in [0.4, 0.5) is 0 Å². The molecule has 0 N–H and O–H groups in total. The Balaban J connectivity index is 1.47. The Bertz CT molecular complexity index is 697. The van der Waals surface area contributed by atoms with E-state index in [1.165, 1.54) is 36.8 Å². The van der Waals surface area contributed by atoms with Gasteiger partial charge in [0.25, 0.3) is 0 Å². The molecule has 1 saturated carbocycles. The largest absolute Gasteiger partial charge is 0.336 e. The van der Waals surface area contributed by atoms with Crippen molar-refractivity contribution in [3.05, 3.63) is 35.3 Å². The van der Waals surface area contributed by atoms with Crippen LogP contribution in [-0.4, -0.2) is 28.4 Å². The molecule has 1 aromatic heterocycles. The number of aromatic nitrogens is 1. The fourth-order valence-electron chi connectivity index (χ4n) is 4.10. The molecule has 1 amide bonds. The molecule has 2 heterocycles. The molecule has 1 aromatic carbocycles. The molecule has 0 spiro atoms. The number of para-hydroxylation sites is 1. The summed E-state index contributed by atoms with van der Waals surface area (Å²) in [7, 11) is 0. The molecule has 1 aliphatic carbocycles. The fraction of sp³-hybridized carbons (Fsp3) is 0.474. The highest BCUT2D eigenvalue weighted by Crippen LogP contribution is 2.35. The lowest BCUT2D eigenvalue weighted by atomic mass is 9.96. The highest BCUT2D eigenvalue weighted by Gasteiger charge is 2.34. The van der Waals surface area contributed by atoms with Gasteiger partial charge in [0.2, 0.25) is 5.91 Å². The van der Waals surface area contributed by atoms with E-state index in [9.17, 15) is 4.79 Å². The van der Waals surface area contributed by atoms with E-state index in [1.807, 2.05) is 24.3 Å². The molecule has 0 radical (unpaired) electrons. The summed E-state index contributed by atoms with van der Waals surface area (Å²) in [4.78, 5) is 19.3. The number of hydrogen-bond acceptors (Lipinski definition) is 3. The summed E-state index contributed by atoms with van der Waals surface area (Å²) in [6.45, 7) is 0.921. The number of carbonyl (C=O) groups is 1. The summed E-state index contributed by atoms with van der Waals surface area (Å²) in [6, 6.07) is 8.59. The van der Waals surface area contributed by atoms with E-state index >= 15 is 0 Å². The monoisotopic (exact) mass is 326 g/mol. The summed E-state index contributed by atoms with van der Waals surface area (Å²) in [6.07, 6.45) is 11.2. The molecule has 23 heavy (non-hydrogen) atoms. The number of rotatable bonds is 3. The average Bonchev–Trinajstić information content (AvgIpc) is 3.31. The normalized spacial score (nSPS) is 22.6. The summed E-state index contributed by atoms with van der Waals surface area (Å²) in [5, 5.41) is 0.913. The molecule has 4 rings (SSSR count). The van der Waals surface area contributed by atoms with Crippen molar-refractivity contribution in [1.29, 1.82) is 0 Å². The smallest absolute Gasteiger partial charge is 0.246 e. The summed E-state index contributed by atoms with van der Waals surface area (Å²) in [5.74, 6) is 0.899. The second-order valence-corrected chi connectivity index (χ2v) is 7.70. The van der Waals surface area contributed by atoms with Gasteiger partial charge in [0.1, 0.15) is 5.01 Å². The van der Waals surface area contributed by atoms with Crippen molar-refractivity contribution in [2.45, 2.75) is 44.6 Å². The Kier molecular flexibility index (Phi) is 4.17. The first-order valence-corrected chi connectivity index (χ1v) is 9.47. The number of carbonyl (C=O) groups excluding carboxylic acids is 1. The third-order valence-corrected chi connectivity index (χ3v) is 6.21. The minimum atomic E-state index is 0.165. The number of fused-ring (bicyclic) bond motifs is 1. The second kappa shape index (κ2) is 6.44. The molecule has 1 aliphatic heterocycles. The zero-order chi connectivity index (χ0) is 15.6. The predicted molar refractivity (Wildman–Crippen MR) is 95.3 cm³/mol. The lowest BCUT2D eigenvalue weighted by Gasteiger charge is -2.28. The first-order chi connectivity index (χ1) is 11.3. The van der Waals surface area contributed by atoms with Crippen molar-refractivity contribution in [1.82, 2.24) is 9.88 Å². The minimum Gasteiger partial charge on any atom is -0.336 e. The summed E-state index contributed by atoms with van der Waals surface area (Å²) in [5.41, 5.74) is 1.01. The molecule has 1 unspecified atom stereocenters. The number of likely N-dealkylation sites (tertiary alicyclic amines) is 1. The van der Waals surface area contributed by atoms with Gasteiger partial charge in [-0.15, -0.1) is 11.3 Å². The first kappa shape index (κ1) is 14.9. The van der Waals surface area contributed by atoms with Gasteiger partial charge in [0.05, 0.1) is 10.2 Å². The van der Waals surface area contributed by atoms with Crippen molar-refractivity contribution >= 4 is 33.5 Å². The van der Waals surface area contributed by atoms with Crippen molar-refractivity contribution < 1.29 is 4.79 Å². The van der Waals surface area contributed by atoms with Gasteiger partial charge in [-0.1, -0.05) is 25.0 Å². The van der Waals surface area contributed by atoms with Crippen LogP contribution in [0.1, 0.15) is 43.5 Å². The van der Waals surface area contributed by atoms with Crippen molar-refractivity contribution in [3.63, 3.8) is 0 Å². The first-order valence-electron chi connectivity index (χ1n) is 8.65. The quantitative estimate of drug-likeness (QED) is 0.779. The minimum absolute atomic E-state index is 0.165. The maximum atomic E-state index is 12.6. The number of benzene rings is 1. The second-order valence-electron chi connectivity index (χ2n) is 6.64. The van der Waals surface area contributed by atoms with Gasteiger partial charge in [0, 0.05) is 18.7 Å². The average molecular weight is 326 g/mol. The maximum absolute atomic E-state index is 12.6. The van der Waals surface area contributed by atoms with E-state index in [1.54, 1.807) is 17.4 Å². The molecule has 1 saturated heterocycles. The SMILES string of the molecule is O=C(/C=C/c1nc2ccccc2s1)N1CCCC1C1CCCC1. The molecule has 4 heteroatoms. The van der Waals surface area contributed by atoms with Crippen LogP contribution in [0.25, 0.3) is 16.3 Å². The van der Waals surface area contributed by atoms with Crippen LogP contribution in [0.3, 0.4) is 0 Å². The Morgan fingerprint density at radius 3 is 2.83 bits per heavy atom. The molecule has 2 fully saturated rings. The zero-order valence-corrected chi connectivity index (χ0v) is 14.1. The van der Waals surface area contributed by atoms with E-state index in [-0.39, 0.29) is 5.91 Å². The van der Waals surface area contributed by atoms with Crippen molar-refractivity contribution in [2.24, 2.45) is 5.92 Å². The van der Waals surface area contributed by atoms with E-state index < -0.39 is 0 Å². The van der Waals surface area contributed by atoms with Gasteiger partial charge in [0.15, 0.2) is 0 Å². The standard InChI is InChI=1S/C19H22N2OS/c22-19(21-13-5-9-16(21)14-6-1-2-7-14)12-11-18-20-15-8-3-4-10-17(15)23-18/h3-4,8,10-12,14,16H,1-2,5-7,9,13H2/b12-11+. The number of amides is 1. The Morgan fingerprint density at radius 2 is 2.00 bits per heavy atom. The van der Waals surface area contributed by atoms with Gasteiger partial charge >= 0.3 is 0 Å². The molecular formula is C19H22N2OS. The zero-order valence-electron chi connectivity index (χ0n) is 13.3. The Hall–Kier alpha value is -1.68. The van der Waals surface area contributed by atoms with Crippen LogP contribution < -0.4 is 0 Å². The Morgan fingerprint density at radius 1 is 1.17 bits per heavy atom. The Labute approximate surface area is 141 Å². The van der Waals surface area contributed by atoms with Crippen molar-refractivity contribution in [2.75, 3.05) is 6.54 Å². The van der Waals surface area contributed by atoms with Gasteiger partial charge < -0.3 is 4.90 Å². The molecule has 1 atom stereocenters. The van der Waals surface area contributed by atoms with E-state index in [0.29, 0.717) is 6.04 Å². The summed E-state index contributed by atoms with van der Waals surface area (Å²) >= 11 is 1.64. The highest BCUT2D eigenvalue weighted by molar-refractivity contribution is 7.19. The van der Waals surface area contributed by atoms with Crippen LogP contribution in [0, 0.1) is 5.92 Å². The van der Waals surface area contributed by atoms with Gasteiger partial charge in [-0.25, -0.2) is 4.98 Å². The van der Waals surface area contributed by atoms with Crippen LogP contribution >= 0.6 is 11.3 Å². The van der Waals surface area contributed by atoms with E-state index in [0.717, 1.165) is 29.4 Å². The van der Waals surface area contributed by atoms with Crippen LogP contribution in [0.5, 0.6) is 0 Å². The molecular weight excluding hydrogens is 304 g/mol. The molecule has 2 aliphatic rings. The van der Waals surface area contributed by atoms with Gasteiger partial charge in [-0.2, -0.15) is 0 Å². The topological polar surface area (TPSA) is 33.2 Å². The van der Waals surface area contributed by atoms with Crippen LogP contribution in [-0.2, 0) is 4.79 Å². The lowest BCUT2D eigenvalue weighted by Crippen LogP contribution is -2.38. The van der Waals surface area contributed by atoms with Crippen molar-refractivity contribution in [3.8, 4) is 0 Å². The fourth-order valence-corrected chi connectivity index (χ4v) is 4.97. The number of thiazole rings is 1. The third kappa shape index (κ3) is 3.05. The number of hydrogen-bond donors (Lipinski definition) is 0. The molecule has 3 nitrogen and oxygen atoms in total. The van der Waals surface area contributed by atoms with Gasteiger partial charge in [-0.05, 0) is 49.8 Å². The van der Waals surface area contributed by atoms with E-state index in [4.69, 9.17) is 0 Å². The number of nitrogens with zero attached hydrogens (tertiary/aromatic N) is 2. The molecule has 120 valence electrons. The lowest BCUT2D eigenvalue weighted by molar-refractivity contribution is -0.127. The van der Waals surface area contributed by atoms with Crippen LogP contribution in [0.2, 0.25) is 0 Å². The predicted octanol–water partition coefficient (Wildman–Crippen LogP) is 4.49. The molecule has 2 aromatic rings. The van der Waals surface area contributed by atoms with E-state index in [2.05, 4.69) is 16.0 Å². The highest BCUT2D eigenvalue weighted by atomic mass is 32.1.